The van der Waals surface area contributed by atoms with Gasteiger partial charge < -0.3 is 24.8 Å². The summed E-state index contributed by atoms with van der Waals surface area (Å²) in [5, 5.41) is 2.84. The first-order valence-electron chi connectivity index (χ1n) is 13.7. The first kappa shape index (κ1) is 28.0. The topological polar surface area (TPSA) is 9.86 Å². The summed E-state index contributed by atoms with van der Waals surface area (Å²) in [7, 11) is 0. The summed E-state index contributed by atoms with van der Waals surface area (Å²) in [5.74, 6) is 0. The van der Waals surface area contributed by atoms with E-state index in [0.29, 0.717) is 7.25 Å². The van der Waals surface area contributed by atoms with E-state index in [1.807, 2.05) is 0 Å². The molecule has 0 saturated carbocycles. The molecular formula is C36H28Cl2N2Zr. The van der Waals surface area contributed by atoms with E-state index >= 15 is 0 Å². The van der Waals surface area contributed by atoms with Crippen LogP contribution >= 0.6 is 0 Å². The van der Waals surface area contributed by atoms with Gasteiger partial charge in [-0.1, -0.05) is 0 Å². The van der Waals surface area contributed by atoms with Crippen LogP contribution in [0.5, 0.6) is 0 Å². The van der Waals surface area contributed by atoms with Crippen molar-refractivity contribution < 1.29 is 48.0 Å². The van der Waals surface area contributed by atoms with E-state index in [2.05, 4.69) is 144 Å². The van der Waals surface area contributed by atoms with Crippen molar-refractivity contribution in [2.45, 2.75) is 21.1 Å². The zero-order valence-corrected chi connectivity index (χ0v) is 26.8. The number of fused-ring (bicyclic) bond motifs is 6. The van der Waals surface area contributed by atoms with Crippen LogP contribution in [-0.2, 0) is 23.2 Å². The Morgan fingerprint density at radius 3 is 1.27 bits per heavy atom. The van der Waals surface area contributed by atoms with E-state index in [1.54, 1.807) is 11.1 Å². The van der Waals surface area contributed by atoms with E-state index in [-0.39, 0.29) is 24.8 Å². The normalized spacial score (nSPS) is 16.8. The van der Waals surface area contributed by atoms with Gasteiger partial charge in [-0.05, 0) is 0 Å². The number of para-hydroxylation sites is 4. The van der Waals surface area contributed by atoms with Gasteiger partial charge in [-0.2, -0.15) is 0 Å². The second-order valence-corrected chi connectivity index (χ2v) is 14.4. The number of halogens is 2. The van der Waals surface area contributed by atoms with Crippen molar-refractivity contribution in [3.8, 4) is 11.4 Å². The smallest absolute Gasteiger partial charge is 1.00 e. The average Bonchev–Trinajstić information content (AvgIpc) is 3.66. The Balaban J connectivity index is 0.00000151. The van der Waals surface area contributed by atoms with Gasteiger partial charge in [0.2, 0.25) is 0 Å². The number of nitrogens with zero attached hydrogens (tertiary/aromatic N) is 2. The molecule has 2 heterocycles. The van der Waals surface area contributed by atoms with E-state index in [0.717, 1.165) is 0 Å². The molecule has 2 atom stereocenters. The zero-order chi connectivity index (χ0) is 26.1. The minimum Gasteiger partial charge on any atom is -1.00 e. The summed E-state index contributed by atoms with van der Waals surface area (Å²) in [6.07, 6.45) is 4.96. The number of benzene rings is 4. The van der Waals surface area contributed by atoms with Crippen LogP contribution in [0.25, 0.3) is 45.3 Å². The second kappa shape index (κ2) is 11.0. The molecule has 6 aromatic rings. The fraction of sp³-hybridized carbons (Fsp3) is 0.111. The average molecular weight is 651 g/mol. The molecule has 0 spiro atoms. The number of aromatic nitrogens is 2. The number of hydrogen-bond acceptors (Lipinski definition) is 0. The van der Waals surface area contributed by atoms with Crippen LogP contribution in [0.4, 0.5) is 0 Å². The van der Waals surface area contributed by atoms with E-state index in [4.69, 9.17) is 0 Å². The Kier molecular flexibility index (Phi) is 7.49. The Morgan fingerprint density at radius 2 is 0.854 bits per heavy atom. The van der Waals surface area contributed by atoms with Gasteiger partial charge in [0, 0.05) is 0 Å². The SMILES string of the molecule is CC1=Cc2c(c3ccccc3n2-c2ccccc2)[CH]1[Zr+2][CH]1C(C)=Cc2c1c1ccccc1n2-c1ccccc1.[Cl-].[Cl-]. The Bertz CT molecular complexity index is 1820. The van der Waals surface area contributed by atoms with E-state index < -0.39 is 23.2 Å². The van der Waals surface area contributed by atoms with Crippen LogP contribution in [0.2, 0.25) is 0 Å². The molecule has 0 saturated heterocycles. The van der Waals surface area contributed by atoms with Crippen LogP contribution in [0, 0.1) is 0 Å². The van der Waals surface area contributed by atoms with Gasteiger partial charge in [0.25, 0.3) is 0 Å². The van der Waals surface area contributed by atoms with Gasteiger partial charge in [-0.15, -0.1) is 0 Å². The molecule has 2 unspecified atom stereocenters. The minimum absolute atomic E-state index is 0. The second-order valence-electron chi connectivity index (χ2n) is 10.8. The van der Waals surface area contributed by atoms with Crippen LogP contribution in [-0.4, -0.2) is 9.13 Å². The van der Waals surface area contributed by atoms with Gasteiger partial charge >= 0.3 is 242 Å². The third-order valence-electron chi connectivity index (χ3n) is 8.48. The van der Waals surface area contributed by atoms with Gasteiger partial charge in [-0.25, -0.2) is 0 Å². The summed E-state index contributed by atoms with van der Waals surface area (Å²) >= 11 is -1.00. The molecule has 4 aromatic carbocycles. The standard InChI is InChI=1S/2C18H14N.2ClH.Zr/c2*1-13-11-16-15-9-5-6-10-17(15)19(18(16)12-13)14-7-3-2-4-8-14;;;/h2*2-12H,1H3;2*1H;/q;;;;+2/p-2. The first-order chi connectivity index (χ1) is 19.2. The minimum atomic E-state index is -1.00. The first-order valence-corrected chi connectivity index (χ1v) is 16.5. The molecule has 41 heavy (non-hydrogen) atoms. The maximum absolute atomic E-state index is 2.48. The number of allylic oxidation sites excluding steroid dienone is 2. The molecule has 2 aliphatic carbocycles. The van der Waals surface area contributed by atoms with Crippen molar-refractivity contribution in [1.82, 2.24) is 9.13 Å². The molecule has 8 rings (SSSR count). The molecule has 0 aliphatic heterocycles. The summed E-state index contributed by atoms with van der Waals surface area (Å²) in [4.78, 5) is 0. The van der Waals surface area contributed by atoms with Gasteiger partial charge in [0.15, 0.2) is 0 Å². The van der Waals surface area contributed by atoms with Gasteiger partial charge in [0.05, 0.1) is 0 Å². The van der Waals surface area contributed by atoms with Crippen LogP contribution in [0.1, 0.15) is 43.6 Å². The van der Waals surface area contributed by atoms with Gasteiger partial charge in [-0.3, -0.25) is 0 Å². The van der Waals surface area contributed by atoms with Crippen molar-refractivity contribution in [3.05, 3.63) is 143 Å². The Labute approximate surface area is 264 Å². The third kappa shape index (κ3) is 4.25. The largest absolute Gasteiger partial charge is 1.00 e. The molecular weight excluding hydrogens is 623 g/mol. The summed E-state index contributed by atoms with van der Waals surface area (Å²) in [6, 6.07) is 39.8. The Hall–Kier alpha value is -3.10. The molecule has 2 aromatic heterocycles. The molecule has 0 bridgehead atoms. The predicted octanol–water partition coefficient (Wildman–Crippen LogP) is 3.28. The molecule has 200 valence electrons. The van der Waals surface area contributed by atoms with Crippen molar-refractivity contribution >= 4 is 34.0 Å². The molecule has 2 aliphatic rings. The summed E-state index contributed by atoms with van der Waals surface area (Å²) in [5.41, 5.74) is 14.1. The van der Waals surface area contributed by atoms with Crippen LogP contribution in [0.15, 0.2) is 120 Å². The predicted molar refractivity (Wildman–Crippen MR) is 159 cm³/mol. The third-order valence-corrected chi connectivity index (χ3v) is 13.8. The molecule has 5 heteroatoms. The summed E-state index contributed by atoms with van der Waals surface area (Å²) < 4.78 is 6.07. The molecule has 0 N–H and O–H groups in total. The maximum Gasteiger partial charge on any atom is -1.00 e. The number of hydrogen-bond donors (Lipinski definition) is 0. The van der Waals surface area contributed by atoms with Gasteiger partial charge in [0.1, 0.15) is 0 Å². The maximum atomic E-state index is 2.48. The van der Waals surface area contributed by atoms with Crippen molar-refractivity contribution in [1.29, 1.82) is 0 Å². The van der Waals surface area contributed by atoms with Crippen molar-refractivity contribution in [2.75, 3.05) is 0 Å². The fourth-order valence-electron chi connectivity index (χ4n) is 6.82. The van der Waals surface area contributed by atoms with E-state index in [1.165, 1.54) is 55.7 Å². The van der Waals surface area contributed by atoms with E-state index in [9.17, 15) is 0 Å². The molecule has 0 radical (unpaired) electrons. The Morgan fingerprint density at radius 1 is 0.488 bits per heavy atom. The number of rotatable bonds is 4. The zero-order valence-electron chi connectivity index (χ0n) is 22.9. The fourth-order valence-corrected chi connectivity index (χ4v) is 11.7. The van der Waals surface area contributed by atoms with Crippen molar-refractivity contribution in [3.63, 3.8) is 0 Å². The monoisotopic (exact) mass is 648 g/mol. The quantitative estimate of drug-likeness (QED) is 0.278. The summed E-state index contributed by atoms with van der Waals surface area (Å²) in [6.45, 7) is 4.75. The van der Waals surface area contributed by atoms with Crippen LogP contribution in [0.3, 0.4) is 0 Å². The molecule has 2 nitrogen and oxygen atoms in total. The van der Waals surface area contributed by atoms with Crippen molar-refractivity contribution in [2.24, 2.45) is 0 Å². The molecule has 0 amide bonds. The van der Waals surface area contributed by atoms with Crippen LogP contribution < -0.4 is 24.8 Å². The molecule has 0 fully saturated rings.